The summed E-state index contributed by atoms with van der Waals surface area (Å²) in [6, 6.07) is 5.72. The van der Waals surface area contributed by atoms with Crippen LogP contribution in [-0.4, -0.2) is 33.9 Å². The molecule has 0 saturated heterocycles. The molecule has 24 heavy (non-hydrogen) atoms. The van der Waals surface area contributed by atoms with Crippen molar-refractivity contribution >= 4 is 35.2 Å². The van der Waals surface area contributed by atoms with Gasteiger partial charge in [-0.2, -0.15) is 0 Å². The highest BCUT2D eigenvalue weighted by atomic mass is 35.5. The first-order valence-electron chi connectivity index (χ1n) is 7.90. The van der Waals surface area contributed by atoms with Crippen molar-refractivity contribution in [2.24, 2.45) is 0 Å². The van der Waals surface area contributed by atoms with Gasteiger partial charge in [0.2, 0.25) is 0 Å². The number of ether oxygens (including phenoxy) is 1. The number of aromatic nitrogens is 2. The van der Waals surface area contributed by atoms with Gasteiger partial charge in [0.1, 0.15) is 5.65 Å². The molecule has 0 aromatic carbocycles. The minimum absolute atomic E-state index is 0.212. The van der Waals surface area contributed by atoms with Crippen LogP contribution in [-0.2, 0) is 14.3 Å². The highest BCUT2D eigenvalue weighted by Gasteiger charge is 2.17. The van der Waals surface area contributed by atoms with Gasteiger partial charge in [-0.15, -0.1) is 0 Å². The van der Waals surface area contributed by atoms with Crippen LogP contribution >= 0.6 is 11.6 Å². The quantitative estimate of drug-likeness (QED) is 0.666. The van der Waals surface area contributed by atoms with Gasteiger partial charge in [-0.1, -0.05) is 30.5 Å². The van der Waals surface area contributed by atoms with Crippen molar-refractivity contribution in [2.75, 3.05) is 6.61 Å². The van der Waals surface area contributed by atoms with E-state index < -0.39 is 5.97 Å². The zero-order chi connectivity index (χ0) is 16.9. The van der Waals surface area contributed by atoms with Crippen LogP contribution in [0.2, 0.25) is 5.15 Å². The molecule has 1 saturated carbocycles. The second-order valence-corrected chi connectivity index (χ2v) is 6.06. The third kappa shape index (κ3) is 3.94. The minimum atomic E-state index is -0.599. The Morgan fingerprint density at radius 2 is 2.17 bits per heavy atom. The number of pyridine rings is 1. The summed E-state index contributed by atoms with van der Waals surface area (Å²) in [7, 11) is 0. The molecule has 6 nitrogen and oxygen atoms in total. The van der Waals surface area contributed by atoms with Crippen LogP contribution < -0.4 is 5.32 Å². The van der Waals surface area contributed by atoms with Crippen LogP contribution in [0.25, 0.3) is 11.7 Å². The van der Waals surface area contributed by atoms with Crippen LogP contribution in [0.4, 0.5) is 0 Å². The lowest BCUT2D eigenvalue weighted by Gasteiger charge is -2.11. The summed E-state index contributed by atoms with van der Waals surface area (Å²) < 4.78 is 6.72. The van der Waals surface area contributed by atoms with Gasteiger partial charge in [-0.3, -0.25) is 9.20 Å². The number of hydrogen-bond donors (Lipinski definition) is 1. The number of nitrogens with one attached hydrogen (secondary N) is 1. The summed E-state index contributed by atoms with van der Waals surface area (Å²) in [4.78, 5) is 27.7. The van der Waals surface area contributed by atoms with E-state index in [4.69, 9.17) is 16.3 Å². The van der Waals surface area contributed by atoms with E-state index in [0.29, 0.717) is 16.5 Å². The smallest absolute Gasteiger partial charge is 0.331 e. The van der Waals surface area contributed by atoms with Crippen molar-refractivity contribution in [3.05, 3.63) is 41.3 Å². The topological polar surface area (TPSA) is 72.7 Å². The molecule has 2 aromatic heterocycles. The molecule has 0 atom stereocenters. The fraction of sp³-hybridized carbons (Fsp3) is 0.353. The van der Waals surface area contributed by atoms with Crippen molar-refractivity contribution in [1.82, 2.24) is 14.7 Å². The molecule has 7 heteroatoms. The third-order valence-electron chi connectivity index (χ3n) is 3.97. The van der Waals surface area contributed by atoms with Gasteiger partial charge < -0.3 is 10.1 Å². The molecule has 0 bridgehead atoms. The molecule has 126 valence electrons. The highest BCUT2D eigenvalue weighted by molar-refractivity contribution is 6.31. The number of esters is 1. The molecule has 0 radical (unpaired) electrons. The molecule has 1 aliphatic rings. The lowest BCUT2D eigenvalue weighted by Crippen LogP contribution is -2.35. The maximum absolute atomic E-state index is 11.8. The number of fused-ring (bicyclic) bond motifs is 1. The summed E-state index contributed by atoms with van der Waals surface area (Å²) in [6.07, 6.45) is 8.82. The number of rotatable bonds is 5. The van der Waals surface area contributed by atoms with Gasteiger partial charge in [-0.25, -0.2) is 9.78 Å². The van der Waals surface area contributed by atoms with E-state index in [9.17, 15) is 9.59 Å². The van der Waals surface area contributed by atoms with Crippen molar-refractivity contribution in [1.29, 1.82) is 0 Å². The van der Waals surface area contributed by atoms with Gasteiger partial charge in [-0.05, 0) is 31.1 Å². The van der Waals surface area contributed by atoms with Crippen LogP contribution in [0.3, 0.4) is 0 Å². The van der Waals surface area contributed by atoms with Crippen LogP contribution in [0.15, 0.2) is 30.5 Å². The molecule has 2 aromatic rings. The molecule has 0 unspecified atom stereocenters. The van der Waals surface area contributed by atoms with Gasteiger partial charge in [0.15, 0.2) is 11.8 Å². The zero-order valence-corrected chi connectivity index (χ0v) is 13.8. The summed E-state index contributed by atoms with van der Waals surface area (Å²) in [5, 5.41) is 3.16. The number of imidazole rings is 1. The Hall–Kier alpha value is -2.34. The highest BCUT2D eigenvalue weighted by Crippen LogP contribution is 2.19. The molecular weight excluding hydrogens is 330 g/mol. The van der Waals surface area contributed by atoms with Crippen LogP contribution in [0.1, 0.15) is 31.4 Å². The maximum atomic E-state index is 11.8. The maximum Gasteiger partial charge on any atom is 0.331 e. The first-order valence-corrected chi connectivity index (χ1v) is 8.28. The normalized spacial score (nSPS) is 15.2. The first-order chi connectivity index (χ1) is 11.6. The van der Waals surface area contributed by atoms with E-state index >= 15 is 0 Å². The summed E-state index contributed by atoms with van der Waals surface area (Å²) in [5.41, 5.74) is 1.27. The Morgan fingerprint density at radius 1 is 1.38 bits per heavy atom. The number of carbonyl (C=O) groups is 2. The van der Waals surface area contributed by atoms with Crippen molar-refractivity contribution in [3.63, 3.8) is 0 Å². The van der Waals surface area contributed by atoms with Gasteiger partial charge >= 0.3 is 5.97 Å². The summed E-state index contributed by atoms with van der Waals surface area (Å²) in [6.45, 7) is -0.277. The van der Waals surface area contributed by atoms with Gasteiger partial charge in [0, 0.05) is 18.3 Å². The summed E-state index contributed by atoms with van der Waals surface area (Å²) >= 11 is 6.07. The molecule has 3 rings (SSSR count). The summed E-state index contributed by atoms with van der Waals surface area (Å²) in [5.74, 6) is -0.866. The Balaban J connectivity index is 1.55. The number of halogens is 1. The lowest BCUT2D eigenvalue weighted by atomic mass is 10.2. The minimum Gasteiger partial charge on any atom is -0.452 e. The van der Waals surface area contributed by atoms with E-state index in [0.717, 1.165) is 25.7 Å². The monoisotopic (exact) mass is 347 g/mol. The molecule has 2 heterocycles. The molecule has 1 amide bonds. The largest absolute Gasteiger partial charge is 0.452 e. The van der Waals surface area contributed by atoms with E-state index in [2.05, 4.69) is 10.3 Å². The average Bonchev–Trinajstić information content (AvgIpc) is 3.18. The number of amides is 1. The molecule has 1 N–H and O–H groups in total. The van der Waals surface area contributed by atoms with E-state index in [-0.39, 0.29) is 18.6 Å². The van der Waals surface area contributed by atoms with Gasteiger partial charge in [0.25, 0.3) is 5.91 Å². The first kappa shape index (κ1) is 16.5. The van der Waals surface area contributed by atoms with Crippen LogP contribution in [0, 0.1) is 0 Å². The molecule has 0 aliphatic heterocycles. The molecule has 1 fully saturated rings. The van der Waals surface area contributed by atoms with Crippen molar-refractivity contribution < 1.29 is 14.3 Å². The Kier molecular flexibility index (Phi) is 5.15. The molecule has 1 aliphatic carbocycles. The second-order valence-electron chi connectivity index (χ2n) is 5.71. The second kappa shape index (κ2) is 7.49. The predicted molar refractivity (Wildman–Crippen MR) is 90.6 cm³/mol. The SMILES string of the molecule is O=C(COC(=O)/C=C/c1c(Cl)nc2ccccn12)NC1CCCC1. The van der Waals surface area contributed by atoms with E-state index in [1.807, 2.05) is 18.2 Å². The van der Waals surface area contributed by atoms with Crippen molar-refractivity contribution in [3.8, 4) is 0 Å². The molecular formula is C17H18ClN3O3. The van der Waals surface area contributed by atoms with E-state index in [1.165, 1.54) is 12.2 Å². The van der Waals surface area contributed by atoms with Crippen molar-refractivity contribution in [2.45, 2.75) is 31.7 Å². The molecule has 0 spiro atoms. The predicted octanol–water partition coefficient (Wildman–Crippen LogP) is 2.60. The van der Waals surface area contributed by atoms with Crippen LogP contribution in [0.5, 0.6) is 0 Å². The number of hydrogen-bond acceptors (Lipinski definition) is 4. The number of nitrogens with zero attached hydrogens (tertiary/aromatic N) is 2. The Morgan fingerprint density at radius 3 is 2.96 bits per heavy atom. The fourth-order valence-electron chi connectivity index (χ4n) is 2.81. The standard InChI is InChI=1S/C17H18ClN3O3/c18-17-13(21-10-4-3-7-14(21)20-17)8-9-16(23)24-11-15(22)19-12-5-1-2-6-12/h3-4,7-10,12H,1-2,5-6,11H2,(H,19,22)/b9-8+. The lowest BCUT2D eigenvalue weighted by molar-refractivity contribution is -0.144. The average molecular weight is 348 g/mol. The Bertz CT molecular complexity index is 778. The fourth-order valence-corrected chi connectivity index (χ4v) is 3.05. The number of carbonyl (C=O) groups excluding carboxylic acids is 2. The third-order valence-corrected chi connectivity index (χ3v) is 4.24. The van der Waals surface area contributed by atoms with Gasteiger partial charge in [0.05, 0.1) is 5.69 Å². The van der Waals surface area contributed by atoms with E-state index in [1.54, 1.807) is 10.6 Å². The Labute approximate surface area is 144 Å². The zero-order valence-electron chi connectivity index (χ0n) is 13.1.